The zero-order chi connectivity index (χ0) is 15.0. The molecule has 2 nitrogen and oxygen atoms in total. The van der Waals surface area contributed by atoms with Gasteiger partial charge in [0.05, 0.1) is 0 Å². The third-order valence-corrected chi connectivity index (χ3v) is 3.61. The van der Waals surface area contributed by atoms with Crippen molar-refractivity contribution in [1.29, 1.82) is 0 Å². The molecule has 0 spiro atoms. The second kappa shape index (κ2) is 7.61. The molecule has 0 saturated heterocycles. The third-order valence-electron chi connectivity index (χ3n) is 3.61. The molecule has 2 aliphatic rings. The molecule has 0 aliphatic heterocycles. The highest BCUT2D eigenvalue weighted by atomic mass is 14.9. The van der Waals surface area contributed by atoms with E-state index in [-0.39, 0.29) is 0 Å². The van der Waals surface area contributed by atoms with Gasteiger partial charge in [0.1, 0.15) is 0 Å². The summed E-state index contributed by atoms with van der Waals surface area (Å²) >= 11 is 0. The lowest BCUT2D eigenvalue weighted by atomic mass is 10.1. The van der Waals surface area contributed by atoms with Gasteiger partial charge in [-0.1, -0.05) is 36.4 Å². The van der Waals surface area contributed by atoms with E-state index in [0.29, 0.717) is 0 Å². The van der Waals surface area contributed by atoms with Crippen molar-refractivity contribution in [1.82, 2.24) is 10.6 Å². The van der Waals surface area contributed by atoms with Gasteiger partial charge in [-0.3, -0.25) is 0 Å². The molecule has 0 unspecified atom stereocenters. The maximum absolute atomic E-state index is 3.45. The average Bonchev–Trinajstić information content (AvgIpc) is 3.21. The van der Waals surface area contributed by atoms with Crippen molar-refractivity contribution in [2.75, 3.05) is 13.1 Å². The predicted molar refractivity (Wildman–Crippen MR) is 91.3 cm³/mol. The van der Waals surface area contributed by atoms with E-state index in [0.717, 1.165) is 26.2 Å². The van der Waals surface area contributed by atoms with Crippen LogP contribution in [-0.2, 0) is 13.1 Å². The summed E-state index contributed by atoms with van der Waals surface area (Å²) in [6.07, 6.45) is 12.1. The lowest BCUT2D eigenvalue weighted by molar-refractivity contribution is 0.733. The number of rotatable bonds is 8. The first-order chi connectivity index (χ1) is 10.9. The van der Waals surface area contributed by atoms with Gasteiger partial charge in [0, 0.05) is 37.3 Å². The number of hydrogen-bond acceptors (Lipinski definition) is 2. The molecule has 22 heavy (non-hydrogen) atoms. The van der Waals surface area contributed by atoms with Crippen LogP contribution in [0.1, 0.15) is 11.1 Å². The molecule has 3 rings (SSSR count). The van der Waals surface area contributed by atoms with Gasteiger partial charge in [0.2, 0.25) is 0 Å². The van der Waals surface area contributed by atoms with E-state index in [1.165, 1.54) is 22.3 Å². The van der Waals surface area contributed by atoms with Gasteiger partial charge >= 0.3 is 0 Å². The zero-order valence-electron chi connectivity index (χ0n) is 12.6. The van der Waals surface area contributed by atoms with Gasteiger partial charge in [-0.15, -0.1) is 11.5 Å². The van der Waals surface area contributed by atoms with E-state index in [1.807, 2.05) is 24.3 Å². The second-order valence-electron chi connectivity index (χ2n) is 5.42. The quantitative estimate of drug-likeness (QED) is 0.718. The predicted octanol–water partition coefficient (Wildman–Crippen LogP) is 3.17. The molecule has 0 saturated carbocycles. The minimum atomic E-state index is 0.863. The minimum Gasteiger partial charge on any atom is -0.308 e. The highest BCUT2D eigenvalue weighted by Gasteiger charge is 1.99. The fourth-order valence-electron chi connectivity index (χ4n) is 2.49. The van der Waals surface area contributed by atoms with Crippen LogP contribution in [0.25, 0.3) is 0 Å². The van der Waals surface area contributed by atoms with Gasteiger partial charge in [0.15, 0.2) is 0 Å². The normalized spacial score (nSPS) is 14.7. The van der Waals surface area contributed by atoms with E-state index in [4.69, 9.17) is 0 Å². The Morgan fingerprint density at radius 3 is 1.73 bits per heavy atom. The number of allylic oxidation sites excluding steroid dienone is 2. The van der Waals surface area contributed by atoms with E-state index in [1.54, 1.807) is 0 Å². The highest BCUT2D eigenvalue weighted by molar-refractivity contribution is 5.31. The molecule has 2 aliphatic carbocycles. The highest BCUT2D eigenvalue weighted by Crippen LogP contribution is 2.07. The van der Waals surface area contributed by atoms with Crippen molar-refractivity contribution in [3.8, 4) is 0 Å². The topological polar surface area (TPSA) is 24.1 Å². The zero-order valence-corrected chi connectivity index (χ0v) is 12.6. The molecule has 2 heteroatoms. The molecule has 1 aromatic rings. The lowest BCUT2D eigenvalue weighted by Gasteiger charge is -2.08. The molecular weight excluding hydrogens is 268 g/mol. The molecule has 110 valence electrons. The summed E-state index contributed by atoms with van der Waals surface area (Å²) in [6, 6.07) is 8.70. The van der Waals surface area contributed by atoms with Crippen molar-refractivity contribution in [2.24, 2.45) is 0 Å². The Morgan fingerprint density at radius 2 is 1.27 bits per heavy atom. The van der Waals surface area contributed by atoms with E-state index in [2.05, 4.69) is 58.5 Å². The summed E-state index contributed by atoms with van der Waals surface area (Å²) in [5, 5.41) is 6.91. The summed E-state index contributed by atoms with van der Waals surface area (Å²) in [4.78, 5) is 0. The molecule has 2 N–H and O–H groups in total. The molecule has 0 atom stereocenters. The minimum absolute atomic E-state index is 0.863. The van der Waals surface area contributed by atoms with Crippen molar-refractivity contribution in [2.45, 2.75) is 13.1 Å². The maximum Gasteiger partial charge on any atom is 0.0282 e. The van der Waals surface area contributed by atoms with E-state index < -0.39 is 0 Å². The molecule has 0 aromatic heterocycles. The Balaban J connectivity index is 1.44. The summed E-state index contributed by atoms with van der Waals surface area (Å²) in [5.74, 6) is 0. The fourth-order valence-corrected chi connectivity index (χ4v) is 2.49. The Labute approximate surface area is 131 Å². The standard InChI is InChI=1S/C20H20N2/c1-2-7-17(6-1)13-21-15-19-10-5-11-20(12-19)16-22-14-18-8-3-4-9-18/h1-6,8,10-12,21-22H,13-16H2. The van der Waals surface area contributed by atoms with Crippen molar-refractivity contribution in [3.05, 3.63) is 94.5 Å². The van der Waals surface area contributed by atoms with Gasteiger partial charge in [-0.05, 0) is 35.4 Å². The van der Waals surface area contributed by atoms with Crippen LogP contribution in [0, 0.1) is 0 Å². The van der Waals surface area contributed by atoms with Gasteiger partial charge in [-0.25, -0.2) is 0 Å². The Kier molecular flexibility index (Phi) is 5.04. The van der Waals surface area contributed by atoms with Crippen LogP contribution in [-0.4, -0.2) is 13.1 Å². The van der Waals surface area contributed by atoms with Crippen molar-refractivity contribution >= 4 is 0 Å². The fraction of sp³-hybridized carbons (Fsp3) is 0.200. The van der Waals surface area contributed by atoms with Crippen LogP contribution >= 0.6 is 0 Å². The Hall–Kier alpha value is -2.34. The van der Waals surface area contributed by atoms with Crippen LogP contribution in [0.3, 0.4) is 0 Å². The maximum atomic E-state index is 3.45. The SMILES string of the molecule is C1=CC=CC=1CNCc1cccc(CNCC2=C=CC=C2)c1. The van der Waals surface area contributed by atoms with Crippen LogP contribution < -0.4 is 10.6 Å². The van der Waals surface area contributed by atoms with Crippen LogP contribution in [0.15, 0.2) is 83.3 Å². The van der Waals surface area contributed by atoms with Gasteiger partial charge in [-0.2, -0.15) is 0 Å². The second-order valence-corrected chi connectivity index (χ2v) is 5.42. The first kappa shape index (κ1) is 14.6. The summed E-state index contributed by atoms with van der Waals surface area (Å²) in [5.41, 5.74) is 11.4. The Bertz CT molecular complexity index is 663. The smallest absolute Gasteiger partial charge is 0.0282 e. The third kappa shape index (κ3) is 4.33. The molecule has 0 heterocycles. The largest absolute Gasteiger partial charge is 0.308 e. The Morgan fingerprint density at radius 1 is 0.727 bits per heavy atom. The first-order valence-electron chi connectivity index (χ1n) is 7.64. The molecule has 0 fully saturated rings. The van der Waals surface area contributed by atoms with Gasteiger partial charge < -0.3 is 10.6 Å². The number of benzene rings is 1. The van der Waals surface area contributed by atoms with E-state index >= 15 is 0 Å². The van der Waals surface area contributed by atoms with Gasteiger partial charge in [0.25, 0.3) is 0 Å². The summed E-state index contributed by atoms with van der Waals surface area (Å²) in [7, 11) is 0. The molecule has 0 bridgehead atoms. The molecule has 0 radical (unpaired) electrons. The van der Waals surface area contributed by atoms with Crippen LogP contribution in [0.2, 0.25) is 0 Å². The monoisotopic (exact) mass is 288 g/mol. The lowest BCUT2D eigenvalue weighted by Crippen LogP contribution is -2.17. The molecule has 0 amide bonds. The van der Waals surface area contributed by atoms with Crippen LogP contribution in [0.4, 0.5) is 0 Å². The van der Waals surface area contributed by atoms with Crippen molar-refractivity contribution in [3.63, 3.8) is 0 Å². The summed E-state index contributed by atoms with van der Waals surface area (Å²) in [6.45, 7) is 3.48. The summed E-state index contributed by atoms with van der Waals surface area (Å²) < 4.78 is 0. The van der Waals surface area contributed by atoms with Crippen molar-refractivity contribution < 1.29 is 0 Å². The average molecular weight is 288 g/mol. The number of nitrogens with one attached hydrogen (secondary N) is 2. The molecular formula is C20H20N2. The number of hydrogen-bond donors (Lipinski definition) is 2. The van der Waals surface area contributed by atoms with Crippen LogP contribution in [0.5, 0.6) is 0 Å². The first-order valence-corrected chi connectivity index (χ1v) is 7.64. The molecule has 1 aromatic carbocycles. The van der Waals surface area contributed by atoms with E-state index in [9.17, 15) is 0 Å².